The summed E-state index contributed by atoms with van der Waals surface area (Å²) in [4.78, 5) is 22.8. The number of fused-ring (bicyclic) bond motifs is 2. The van der Waals surface area contributed by atoms with Crippen LogP contribution in [0.15, 0.2) is 41.2 Å². The van der Waals surface area contributed by atoms with Crippen LogP contribution in [0.1, 0.15) is 12.5 Å². The molecule has 0 aliphatic rings. The molecule has 0 saturated carbocycles. The molecule has 2 aromatic carbocycles. The van der Waals surface area contributed by atoms with Crippen LogP contribution in [0.5, 0.6) is 0 Å². The SMILES string of the molecule is CCc1ccc2sc3cc([N+](=O)[O-])ccc3c(=O)c2c1. The molecule has 3 rings (SSSR count). The Kier molecular flexibility index (Phi) is 2.99. The Labute approximate surface area is 118 Å². The number of hydrogen-bond donors (Lipinski definition) is 0. The van der Waals surface area contributed by atoms with Crippen molar-refractivity contribution in [3.63, 3.8) is 0 Å². The van der Waals surface area contributed by atoms with Gasteiger partial charge in [-0.3, -0.25) is 14.9 Å². The highest BCUT2D eigenvalue weighted by Crippen LogP contribution is 2.28. The van der Waals surface area contributed by atoms with E-state index in [4.69, 9.17) is 0 Å². The van der Waals surface area contributed by atoms with Crippen LogP contribution in [-0.2, 0) is 6.42 Å². The minimum Gasteiger partial charge on any atom is -0.289 e. The van der Waals surface area contributed by atoms with E-state index in [2.05, 4.69) is 0 Å². The summed E-state index contributed by atoms with van der Waals surface area (Å²) < 4.78 is 1.51. The van der Waals surface area contributed by atoms with Gasteiger partial charge in [0.25, 0.3) is 5.69 Å². The van der Waals surface area contributed by atoms with Crippen molar-refractivity contribution in [3.8, 4) is 0 Å². The van der Waals surface area contributed by atoms with Gasteiger partial charge in [-0.2, -0.15) is 0 Å². The van der Waals surface area contributed by atoms with Crippen LogP contribution in [0.4, 0.5) is 5.69 Å². The predicted octanol–water partition coefficient (Wildman–Crippen LogP) is 3.89. The maximum absolute atomic E-state index is 12.5. The molecular formula is C15H11NO3S. The second-order valence-corrected chi connectivity index (χ2v) is 5.64. The lowest BCUT2D eigenvalue weighted by Crippen LogP contribution is -2.02. The van der Waals surface area contributed by atoms with Crippen LogP contribution in [0.3, 0.4) is 0 Å². The highest BCUT2D eigenvalue weighted by Gasteiger charge is 2.11. The zero-order chi connectivity index (χ0) is 14.3. The summed E-state index contributed by atoms with van der Waals surface area (Å²) in [5, 5.41) is 12.0. The lowest BCUT2D eigenvalue weighted by Gasteiger charge is -2.03. The van der Waals surface area contributed by atoms with Gasteiger partial charge in [0.1, 0.15) is 0 Å². The molecule has 0 amide bonds. The highest BCUT2D eigenvalue weighted by molar-refractivity contribution is 7.24. The largest absolute Gasteiger partial charge is 0.289 e. The molecule has 0 bridgehead atoms. The van der Waals surface area contributed by atoms with Crippen LogP contribution in [0, 0.1) is 10.1 Å². The van der Waals surface area contributed by atoms with Crippen molar-refractivity contribution in [1.82, 2.24) is 0 Å². The van der Waals surface area contributed by atoms with Crippen molar-refractivity contribution in [1.29, 1.82) is 0 Å². The summed E-state index contributed by atoms with van der Waals surface area (Å²) >= 11 is 1.41. The Bertz CT molecular complexity index is 899. The van der Waals surface area contributed by atoms with Crippen LogP contribution in [-0.4, -0.2) is 4.92 Å². The van der Waals surface area contributed by atoms with E-state index in [1.807, 2.05) is 25.1 Å². The van der Waals surface area contributed by atoms with Crippen LogP contribution in [0.25, 0.3) is 20.2 Å². The number of benzene rings is 2. The molecule has 0 N–H and O–H groups in total. The molecule has 0 atom stereocenters. The van der Waals surface area contributed by atoms with Crippen LogP contribution >= 0.6 is 11.3 Å². The number of non-ortho nitro benzene ring substituents is 1. The van der Waals surface area contributed by atoms with Crippen molar-refractivity contribution in [2.24, 2.45) is 0 Å². The van der Waals surface area contributed by atoms with Gasteiger partial charge in [-0.1, -0.05) is 13.0 Å². The quantitative estimate of drug-likeness (QED) is 0.408. The number of hydrogen-bond acceptors (Lipinski definition) is 4. The first-order chi connectivity index (χ1) is 9.60. The number of aryl methyl sites for hydroxylation is 1. The first kappa shape index (κ1) is 12.7. The molecular weight excluding hydrogens is 274 g/mol. The van der Waals surface area contributed by atoms with Gasteiger partial charge in [-0.15, -0.1) is 11.3 Å². The van der Waals surface area contributed by atoms with Gasteiger partial charge in [-0.25, -0.2) is 0 Å². The van der Waals surface area contributed by atoms with E-state index in [1.54, 1.807) is 6.07 Å². The molecule has 0 aliphatic heterocycles. The second kappa shape index (κ2) is 4.68. The van der Waals surface area contributed by atoms with E-state index < -0.39 is 4.92 Å². The van der Waals surface area contributed by atoms with E-state index in [0.29, 0.717) is 15.5 Å². The standard InChI is InChI=1S/C15H11NO3S/c1-2-9-3-6-13-12(7-9)15(17)11-5-4-10(16(18)19)8-14(11)20-13/h3-8H,2H2,1H3. The second-order valence-electron chi connectivity index (χ2n) is 4.55. The number of nitrogens with zero attached hydrogens (tertiary/aromatic N) is 1. The molecule has 20 heavy (non-hydrogen) atoms. The summed E-state index contributed by atoms with van der Waals surface area (Å²) in [6.45, 7) is 2.04. The van der Waals surface area contributed by atoms with Crippen molar-refractivity contribution in [2.45, 2.75) is 13.3 Å². The first-order valence-electron chi connectivity index (χ1n) is 6.24. The van der Waals surface area contributed by atoms with Gasteiger partial charge in [0, 0.05) is 32.3 Å². The maximum Gasteiger partial charge on any atom is 0.270 e. The van der Waals surface area contributed by atoms with Gasteiger partial charge in [0.05, 0.1) is 4.92 Å². The molecule has 3 aromatic rings. The normalized spacial score (nSPS) is 11.1. The fourth-order valence-electron chi connectivity index (χ4n) is 2.22. The summed E-state index contributed by atoms with van der Waals surface area (Å²) in [5.41, 5.74) is 1.07. The fourth-order valence-corrected chi connectivity index (χ4v) is 3.31. The zero-order valence-electron chi connectivity index (χ0n) is 10.8. The van der Waals surface area contributed by atoms with Gasteiger partial charge in [-0.05, 0) is 30.2 Å². The molecule has 0 unspecified atom stereocenters. The van der Waals surface area contributed by atoms with Crippen molar-refractivity contribution >= 4 is 37.2 Å². The van der Waals surface area contributed by atoms with Gasteiger partial charge >= 0.3 is 0 Å². The van der Waals surface area contributed by atoms with Crippen LogP contribution in [0.2, 0.25) is 0 Å². The lowest BCUT2D eigenvalue weighted by molar-refractivity contribution is -0.384. The molecule has 0 aliphatic carbocycles. The molecule has 5 heteroatoms. The minimum atomic E-state index is -0.443. The molecule has 1 heterocycles. The van der Waals surface area contributed by atoms with E-state index >= 15 is 0 Å². The average Bonchev–Trinajstić information content (AvgIpc) is 2.46. The minimum absolute atomic E-state index is 0.0117. The van der Waals surface area contributed by atoms with E-state index in [1.165, 1.54) is 23.5 Å². The number of nitro benzene ring substituents is 1. The van der Waals surface area contributed by atoms with Crippen LogP contribution < -0.4 is 5.43 Å². The number of nitro groups is 1. The van der Waals surface area contributed by atoms with Gasteiger partial charge < -0.3 is 0 Å². The fraction of sp³-hybridized carbons (Fsp3) is 0.133. The monoisotopic (exact) mass is 285 g/mol. The smallest absolute Gasteiger partial charge is 0.270 e. The van der Waals surface area contributed by atoms with E-state index in [-0.39, 0.29) is 11.1 Å². The average molecular weight is 285 g/mol. The Morgan fingerprint density at radius 3 is 2.60 bits per heavy atom. The molecule has 0 spiro atoms. The third-order valence-corrected chi connectivity index (χ3v) is 4.47. The molecule has 4 nitrogen and oxygen atoms in total. The lowest BCUT2D eigenvalue weighted by atomic mass is 10.1. The van der Waals surface area contributed by atoms with E-state index in [0.717, 1.165) is 16.7 Å². The Morgan fingerprint density at radius 1 is 1.10 bits per heavy atom. The summed E-state index contributed by atoms with van der Waals surface area (Å²) in [6, 6.07) is 10.2. The molecule has 100 valence electrons. The maximum atomic E-state index is 12.5. The first-order valence-corrected chi connectivity index (χ1v) is 7.05. The summed E-state index contributed by atoms with van der Waals surface area (Å²) in [5.74, 6) is 0. The van der Waals surface area contributed by atoms with Gasteiger partial charge in [0.2, 0.25) is 0 Å². The Balaban J connectivity index is 2.40. The van der Waals surface area contributed by atoms with Crippen molar-refractivity contribution in [3.05, 3.63) is 62.3 Å². The predicted molar refractivity (Wildman–Crippen MR) is 81.6 cm³/mol. The number of rotatable bonds is 2. The Hall–Kier alpha value is -2.27. The van der Waals surface area contributed by atoms with Crippen molar-refractivity contribution in [2.75, 3.05) is 0 Å². The third kappa shape index (κ3) is 1.96. The van der Waals surface area contributed by atoms with Gasteiger partial charge in [0.15, 0.2) is 5.43 Å². The molecule has 0 fully saturated rings. The topological polar surface area (TPSA) is 60.2 Å². The zero-order valence-corrected chi connectivity index (χ0v) is 11.6. The van der Waals surface area contributed by atoms with Crippen molar-refractivity contribution < 1.29 is 4.92 Å². The van der Waals surface area contributed by atoms with E-state index in [9.17, 15) is 14.9 Å². The molecule has 0 radical (unpaired) electrons. The summed E-state index contributed by atoms with van der Waals surface area (Å²) in [7, 11) is 0. The third-order valence-electron chi connectivity index (χ3n) is 3.34. The summed E-state index contributed by atoms with van der Waals surface area (Å²) in [6.07, 6.45) is 0.873. The Morgan fingerprint density at radius 2 is 1.90 bits per heavy atom. The molecule has 1 aromatic heterocycles. The molecule has 0 saturated heterocycles. The highest BCUT2D eigenvalue weighted by atomic mass is 32.1.